The van der Waals surface area contributed by atoms with E-state index < -0.39 is 17.1 Å². The lowest BCUT2D eigenvalue weighted by atomic mass is 9.82. The summed E-state index contributed by atoms with van der Waals surface area (Å²) in [6.07, 6.45) is 0. The first-order valence-electron chi connectivity index (χ1n) is 11.4. The molecule has 3 atom stereocenters. The molecule has 0 radical (unpaired) electrons. The minimum Gasteiger partial charge on any atom is -0.489 e. The van der Waals surface area contributed by atoms with Crippen molar-refractivity contribution in [2.75, 3.05) is 4.90 Å². The number of aromatic nitrogens is 1. The minimum absolute atomic E-state index is 0.218. The Bertz CT molecular complexity index is 1590. The van der Waals surface area contributed by atoms with Crippen LogP contribution < -0.4 is 14.5 Å². The maximum Gasteiger partial charge on any atom is 0.305 e. The lowest BCUT2D eigenvalue weighted by Gasteiger charge is -2.30. The topological polar surface area (TPSA) is 79.5 Å². The third-order valence-electron chi connectivity index (χ3n) is 6.45. The Labute approximate surface area is 233 Å². The molecule has 3 heterocycles. The molecular formula is C27H18BrClN2O4S2. The average molecular weight is 614 g/mol. The van der Waals surface area contributed by atoms with Gasteiger partial charge >= 0.3 is 4.87 Å². The number of amides is 2. The smallest absolute Gasteiger partial charge is 0.305 e. The molecule has 0 bridgehead atoms. The molecule has 3 aromatic carbocycles. The Morgan fingerprint density at radius 1 is 0.973 bits per heavy atom. The second-order valence-electron chi connectivity index (χ2n) is 8.69. The van der Waals surface area contributed by atoms with Crippen LogP contribution in [0, 0.1) is 5.92 Å². The number of ether oxygens (including phenoxy) is 1. The number of rotatable bonds is 5. The van der Waals surface area contributed by atoms with Gasteiger partial charge < -0.3 is 9.72 Å². The summed E-state index contributed by atoms with van der Waals surface area (Å²) >= 11 is 11.9. The highest BCUT2D eigenvalue weighted by Gasteiger charge is 2.56. The van der Waals surface area contributed by atoms with Crippen molar-refractivity contribution in [1.29, 1.82) is 0 Å². The summed E-state index contributed by atoms with van der Waals surface area (Å²) in [6, 6.07) is 22.0. The maximum absolute atomic E-state index is 13.9. The number of thiazole rings is 1. The van der Waals surface area contributed by atoms with Gasteiger partial charge in [-0.2, -0.15) is 0 Å². The molecule has 2 aliphatic rings. The first-order valence-corrected chi connectivity index (χ1v) is 14.3. The van der Waals surface area contributed by atoms with E-state index in [1.165, 1.54) is 16.7 Å². The fourth-order valence-corrected chi connectivity index (χ4v) is 7.84. The van der Waals surface area contributed by atoms with E-state index in [4.69, 9.17) is 16.3 Å². The fourth-order valence-electron chi connectivity index (χ4n) is 4.85. The molecule has 6 nitrogen and oxygen atoms in total. The van der Waals surface area contributed by atoms with Gasteiger partial charge in [-0.15, -0.1) is 0 Å². The third-order valence-corrected chi connectivity index (χ3v) is 9.61. The number of benzene rings is 3. The molecule has 1 N–H and O–H groups in total. The van der Waals surface area contributed by atoms with Crippen LogP contribution in [0.4, 0.5) is 5.69 Å². The summed E-state index contributed by atoms with van der Waals surface area (Å²) < 4.78 is 7.08. The van der Waals surface area contributed by atoms with Crippen LogP contribution in [0.1, 0.15) is 21.9 Å². The zero-order valence-electron chi connectivity index (χ0n) is 19.0. The SMILES string of the molecule is O=C1C2Sc3[nH]c(=O)sc3[C@H](c3ccccc3OCc3cccc(Cl)c3)C2C(=O)N1c1ccc(Br)cc1. The highest BCUT2D eigenvalue weighted by atomic mass is 79.9. The van der Waals surface area contributed by atoms with E-state index in [0.29, 0.717) is 21.5 Å². The monoisotopic (exact) mass is 612 g/mol. The van der Waals surface area contributed by atoms with Crippen LogP contribution in [0.3, 0.4) is 0 Å². The number of H-pyrrole nitrogens is 1. The third kappa shape index (κ3) is 4.44. The number of fused-ring (bicyclic) bond motifs is 2. The largest absolute Gasteiger partial charge is 0.489 e. The van der Waals surface area contributed by atoms with E-state index in [-0.39, 0.29) is 23.3 Å². The molecule has 4 aromatic rings. The van der Waals surface area contributed by atoms with Crippen molar-refractivity contribution in [2.45, 2.75) is 22.8 Å². The summed E-state index contributed by atoms with van der Waals surface area (Å²) in [4.78, 5) is 44.6. The summed E-state index contributed by atoms with van der Waals surface area (Å²) in [7, 11) is 0. The predicted molar refractivity (Wildman–Crippen MR) is 149 cm³/mol. The van der Waals surface area contributed by atoms with Crippen LogP contribution in [0.5, 0.6) is 5.75 Å². The number of halogens is 2. The molecule has 1 fully saturated rings. The number of anilines is 1. The van der Waals surface area contributed by atoms with Gasteiger partial charge in [-0.1, -0.05) is 81.0 Å². The van der Waals surface area contributed by atoms with Crippen LogP contribution in [-0.2, 0) is 16.2 Å². The van der Waals surface area contributed by atoms with E-state index in [1.807, 2.05) is 42.5 Å². The molecular weight excluding hydrogens is 596 g/mol. The molecule has 0 saturated carbocycles. The molecule has 6 rings (SSSR count). The Morgan fingerprint density at radius 2 is 1.76 bits per heavy atom. The molecule has 0 aliphatic carbocycles. The van der Waals surface area contributed by atoms with Crippen LogP contribution >= 0.6 is 50.6 Å². The maximum atomic E-state index is 13.9. The highest BCUT2D eigenvalue weighted by molar-refractivity contribution is 9.10. The molecule has 186 valence electrons. The van der Waals surface area contributed by atoms with E-state index >= 15 is 0 Å². The number of aromatic amines is 1. The first-order chi connectivity index (χ1) is 17.9. The van der Waals surface area contributed by atoms with Gasteiger partial charge in [0.05, 0.1) is 16.6 Å². The molecule has 0 spiro atoms. The van der Waals surface area contributed by atoms with E-state index in [1.54, 1.807) is 30.3 Å². The molecule has 10 heteroatoms. The normalized spacial score (nSPS) is 20.6. The summed E-state index contributed by atoms with van der Waals surface area (Å²) in [5.74, 6) is -1.19. The van der Waals surface area contributed by atoms with E-state index in [0.717, 1.165) is 31.8 Å². The number of hydrogen-bond donors (Lipinski definition) is 1. The number of hydrogen-bond acceptors (Lipinski definition) is 6. The predicted octanol–water partition coefficient (Wildman–Crippen LogP) is 6.23. The van der Waals surface area contributed by atoms with Gasteiger partial charge in [-0.05, 0) is 48.0 Å². The minimum atomic E-state index is -0.684. The standard InChI is InChI=1S/C27H18BrClN2O4S2/c28-15-8-10-17(11-9-15)31-25(32)21-20(22-24(30-27(34)37-22)36-23(21)26(31)33)18-6-1-2-7-19(18)35-13-14-4-3-5-16(29)12-14/h1-12,20-21,23H,13H2,(H,30,34)/t20-,21?,23?/m1/s1. The van der Waals surface area contributed by atoms with Gasteiger partial charge in [-0.25, -0.2) is 4.90 Å². The lowest BCUT2D eigenvalue weighted by Crippen LogP contribution is -2.32. The Balaban J connectivity index is 1.42. The second kappa shape index (κ2) is 9.79. The zero-order chi connectivity index (χ0) is 25.7. The average Bonchev–Trinajstić information content (AvgIpc) is 3.38. The summed E-state index contributed by atoms with van der Waals surface area (Å²) in [5, 5.41) is 0.580. The van der Waals surface area contributed by atoms with Gasteiger partial charge in [0.25, 0.3) is 0 Å². The van der Waals surface area contributed by atoms with Crippen molar-refractivity contribution >= 4 is 68.1 Å². The Kier molecular flexibility index (Phi) is 6.48. The van der Waals surface area contributed by atoms with Gasteiger partial charge in [0.2, 0.25) is 11.8 Å². The summed E-state index contributed by atoms with van der Waals surface area (Å²) in [6.45, 7) is 0.279. The van der Waals surface area contributed by atoms with Crippen LogP contribution in [0.15, 0.2) is 87.1 Å². The van der Waals surface area contributed by atoms with Gasteiger partial charge in [-0.3, -0.25) is 14.4 Å². The molecule has 1 saturated heterocycles. The molecule has 37 heavy (non-hydrogen) atoms. The molecule has 1 aromatic heterocycles. The van der Waals surface area contributed by atoms with Crippen molar-refractivity contribution in [2.24, 2.45) is 5.92 Å². The zero-order valence-corrected chi connectivity index (χ0v) is 23.0. The number of carbonyl (C=O) groups is 2. The number of imide groups is 1. The van der Waals surface area contributed by atoms with Gasteiger partial charge in [0.1, 0.15) is 17.6 Å². The first kappa shape index (κ1) is 24.5. The van der Waals surface area contributed by atoms with Crippen LogP contribution in [-0.4, -0.2) is 22.0 Å². The van der Waals surface area contributed by atoms with E-state index in [9.17, 15) is 14.4 Å². The molecule has 2 amide bonds. The van der Waals surface area contributed by atoms with Crippen molar-refractivity contribution in [1.82, 2.24) is 4.98 Å². The Hall–Kier alpha value is -2.85. The summed E-state index contributed by atoms with van der Waals surface area (Å²) in [5.41, 5.74) is 2.18. The molecule has 2 unspecified atom stereocenters. The number of thioether (sulfide) groups is 1. The lowest BCUT2D eigenvalue weighted by molar-refractivity contribution is -0.122. The second-order valence-corrected chi connectivity index (χ2v) is 12.2. The van der Waals surface area contributed by atoms with Crippen molar-refractivity contribution in [3.8, 4) is 5.75 Å². The number of para-hydroxylation sites is 1. The van der Waals surface area contributed by atoms with Crippen LogP contribution in [0.2, 0.25) is 5.02 Å². The number of carbonyl (C=O) groups excluding carboxylic acids is 2. The fraction of sp³-hybridized carbons (Fsp3) is 0.148. The number of nitrogens with zero attached hydrogens (tertiary/aromatic N) is 1. The highest BCUT2D eigenvalue weighted by Crippen LogP contribution is 2.54. The van der Waals surface area contributed by atoms with Crippen molar-refractivity contribution in [3.05, 3.63) is 108 Å². The van der Waals surface area contributed by atoms with Crippen molar-refractivity contribution < 1.29 is 14.3 Å². The van der Waals surface area contributed by atoms with E-state index in [2.05, 4.69) is 20.9 Å². The molecule has 2 aliphatic heterocycles. The quantitative estimate of drug-likeness (QED) is 0.270. The van der Waals surface area contributed by atoms with Crippen molar-refractivity contribution in [3.63, 3.8) is 0 Å². The number of nitrogens with one attached hydrogen (secondary N) is 1. The Morgan fingerprint density at radius 3 is 2.54 bits per heavy atom. The van der Waals surface area contributed by atoms with Gasteiger partial charge in [0.15, 0.2) is 0 Å². The van der Waals surface area contributed by atoms with Gasteiger partial charge in [0, 0.05) is 25.9 Å². The van der Waals surface area contributed by atoms with Crippen LogP contribution in [0.25, 0.3) is 0 Å².